The Labute approximate surface area is 141 Å². The number of carbonyl (C=O) groups is 1. The van der Waals surface area contributed by atoms with Crippen LogP contribution in [0.25, 0.3) is 0 Å². The summed E-state index contributed by atoms with van der Waals surface area (Å²) < 4.78 is 25.1. The maximum atomic E-state index is 12.6. The molecular formula is C15H23N3O3S2. The van der Waals surface area contributed by atoms with Gasteiger partial charge in [0.1, 0.15) is 6.04 Å². The second-order valence-electron chi connectivity index (χ2n) is 6.61. The monoisotopic (exact) mass is 357 g/mol. The van der Waals surface area contributed by atoms with Gasteiger partial charge in [-0.15, -0.1) is 11.3 Å². The molecule has 1 aromatic rings. The Bertz CT molecular complexity index is 699. The summed E-state index contributed by atoms with van der Waals surface area (Å²) >= 11 is 1.53. The first kappa shape index (κ1) is 16.9. The van der Waals surface area contributed by atoms with Crippen molar-refractivity contribution in [2.75, 3.05) is 18.1 Å². The molecule has 0 saturated carbocycles. The third kappa shape index (κ3) is 3.75. The van der Waals surface area contributed by atoms with Gasteiger partial charge in [0.15, 0.2) is 5.13 Å². The van der Waals surface area contributed by atoms with Crippen molar-refractivity contribution in [3.05, 3.63) is 10.6 Å². The molecular weight excluding hydrogens is 334 g/mol. The van der Waals surface area contributed by atoms with E-state index in [1.54, 1.807) is 0 Å². The van der Waals surface area contributed by atoms with Gasteiger partial charge in [-0.3, -0.25) is 4.79 Å². The zero-order chi connectivity index (χ0) is 16.6. The van der Waals surface area contributed by atoms with Gasteiger partial charge in [-0.25, -0.2) is 13.4 Å². The first-order valence-electron chi connectivity index (χ1n) is 8.11. The third-order valence-electron chi connectivity index (χ3n) is 4.60. The number of piperidine rings is 1. The zero-order valence-electron chi connectivity index (χ0n) is 13.5. The highest BCUT2D eigenvalue weighted by Gasteiger charge is 2.35. The number of rotatable bonds is 3. The summed E-state index contributed by atoms with van der Waals surface area (Å²) in [6.45, 7) is 2.65. The topological polar surface area (TPSA) is 79.4 Å². The van der Waals surface area contributed by atoms with Gasteiger partial charge in [0, 0.05) is 11.4 Å². The Hall–Kier alpha value is -0.990. The Morgan fingerprint density at radius 1 is 1.35 bits per heavy atom. The standard InChI is InChI=1S/C15H23N3O3S2/c1-10-6-7-11-13(9-10)22-15(16-11)17-14(19)12-5-3-4-8-18(12)23(2,20)21/h10,12H,3-9H2,1-2H3,(H,16,17,19). The van der Waals surface area contributed by atoms with Gasteiger partial charge < -0.3 is 5.32 Å². The predicted octanol–water partition coefficient (Wildman–Crippen LogP) is 2.02. The molecule has 8 heteroatoms. The highest BCUT2D eigenvalue weighted by Crippen LogP contribution is 2.32. The molecule has 1 aliphatic carbocycles. The van der Waals surface area contributed by atoms with E-state index < -0.39 is 16.1 Å². The number of nitrogens with zero attached hydrogens (tertiary/aromatic N) is 2. The summed E-state index contributed by atoms with van der Waals surface area (Å²) in [4.78, 5) is 18.3. The van der Waals surface area contributed by atoms with E-state index in [1.165, 1.54) is 26.8 Å². The summed E-state index contributed by atoms with van der Waals surface area (Å²) in [5.41, 5.74) is 1.09. The molecule has 2 heterocycles. The lowest BCUT2D eigenvalue weighted by atomic mass is 9.93. The van der Waals surface area contributed by atoms with Crippen molar-refractivity contribution < 1.29 is 13.2 Å². The molecule has 0 radical (unpaired) electrons. The predicted molar refractivity (Wildman–Crippen MR) is 91.1 cm³/mol. The maximum Gasteiger partial charge on any atom is 0.244 e. The quantitative estimate of drug-likeness (QED) is 0.897. The van der Waals surface area contributed by atoms with Crippen LogP contribution in [0.15, 0.2) is 0 Å². The normalized spacial score (nSPS) is 25.8. The number of sulfonamides is 1. The molecule has 6 nitrogen and oxygen atoms in total. The Morgan fingerprint density at radius 2 is 2.13 bits per heavy atom. The fourth-order valence-electron chi connectivity index (χ4n) is 3.35. The minimum atomic E-state index is -3.37. The molecule has 0 spiro atoms. The average Bonchev–Trinajstić information content (AvgIpc) is 2.87. The van der Waals surface area contributed by atoms with Crippen molar-refractivity contribution >= 4 is 32.4 Å². The van der Waals surface area contributed by atoms with Gasteiger partial charge in [-0.1, -0.05) is 13.3 Å². The number of thiazole rings is 1. The lowest BCUT2D eigenvalue weighted by Gasteiger charge is -2.32. The smallest absolute Gasteiger partial charge is 0.244 e. The number of aryl methyl sites for hydroxylation is 1. The first-order valence-corrected chi connectivity index (χ1v) is 10.8. The molecule has 1 aliphatic heterocycles. The number of fused-ring (bicyclic) bond motifs is 1. The number of amides is 1. The molecule has 128 valence electrons. The third-order valence-corrected chi connectivity index (χ3v) is 6.92. The summed E-state index contributed by atoms with van der Waals surface area (Å²) in [5, 5.41) is 3.45. The second-order valence-corrected chi connectivity index (χ2v) is 9.63. The molecule has 2 unspecified atom stereocenters. The SMILES string of the molecule is CC1CCc2nc(NC(=O)C3CCCCN3S(C)(=O)=O)sc2C1. The van der Waals surface area contributed by atoms with E-state index in [0.717, 1.165) is 37.8 Å². The van der Waals surface area contributed by atoms with Crippen LogP contribution in [0, 0.1) is 5.92 Å². The van der Waals surface area contributed by atoms with Gasteiger partial charge in [-0.2, -0.15) is 4.31 Å². The van der Waals surface area contributed by atoms with Crippen LogP contribution in [0.5, 0.6) is 0 Å². The molecule has 1 amide bonds. The highest BCUT2D eigenvalue weighted by molar-refractivity contribution is 7.88. The van der Waals surface area contributed by atoms with Crippen LogP contribution in [0.4, 0.5) is 5.13 Å². The number of anilines is 1. The van der Waals surface area contributed by atoms with Gasteiger partial charge >= 0.3 is 0 Å². The van der Waals surface area contributed by atoms with Crippen LogP contribution < -0.4 is 5.32 Å². The number of nitrogens with one attached hydrogen (secondary N) is 1. The fraction of sp³-hybridized carbons (Fsp3) is 0.733. The van der Waals surface area contributed by atoms with E-state index in [0.29, 0.717) is 24.0 Å². The molecule has 2 atom stereocenters. The van der Waals surface area contributed by atoms with Crippen molar-refractivity contribution in [2.24, 2.45) is 5.92 Å². The van der Waals surface area contributed by atoms with Crippen LogP contribution in [-0.2, 0) is 27.7 Å². The van der Waals surface area contributed by atoms with Gasteiger partial charge in [-0.05, 0) is 38.0 Å². The van der Waals surface area contributed by atoms with E-state index >= 15 is 0 Å². The molecule has 2 aliphatic rings. The van der Waals surface area contributed by atoms with Gasteiger partial charge in [0.2, 0.25) is 15.9 Å². The van der Waals surface area contributed by atoms with Crippen LogP contribution in [0.2, 0.25) is 0 Å². The number of hydrogen-bond acceptors (Lipinski definition) is 5. The summed E-state index contributed by atoms with van der Waals surface area (Å²) in [7, 11) is -3.37. The largest absolute Gasteiger partial charge is 0.301 e. The van der Waals surface area contributed by atoms with Gasteiger partial charge in [0.05, 0.1) is 11.9 Å². The molecule has 0 aromatic carbocycles. The second kappa shape index (κ2) is 6.49. The molecule has 3 rings (SSSR count). The minimum Gasteiger partial charge on any atom is -0.301 e. The molecule has 1 fully saturated rings. The van der Waals surface area contributed by atoms with E-state index in [1.807, 2.05) is 0 Å². The Balaban J connectivity index is 1.73. The van der Waals surface area contributed by atoms with Crippen molar-refractivity contribution in [2.45, 2.75) is 51.5 Å². The van der Waals surface area contributed by atoms with Crippen LogP contribution in [0.1, 0.15) is 43.2 Å². The Morgan fingerprint density at radius 3 is 2.87 bits per heavy atom. The number of hydrogen-bond donors (Lipinski definition) is 1. The lowest BCUT2D eigenvalue weighted by molar-refractivity contribution is -0.120. The average molecular weight is 358 g/mol. The van der Waals surface area contributed by atoms with Crippen LogP contribution >= 0.6 is 11.3 Å². The van der Waals surface area contributed by atoms with Crippen molar-refractivity contribution in [1.29, 1.82) is 0 Å². The number of carbonyl (C=O) groups excluding carboxylic acids is 1. The van der Waals surface area contributed by atoms with Gasteiger partial charge in [0.25, 0.3) is 0 Å². The first-order chi connectivity index (χ1) is 10.8. The molecule has 1 saturated heterocycles. The summed E-state index contributed by atoms with van der Waals surface area (Å²) in [5.74, 6) is 0.403. The molecule has 1 aromatic heterocycles. The van der Waals surface area contributed by atoms with Crippen LogP contribution in [-0.4, -0.2) is 42.5 Å². The zero-order valence-corrected chi connectivity index (χ0v) is 15.2. The van der Waals surface area contributed by atoms with Crippen molar-refractivity contribution in [1.82, 2.24) is 9.29 Å². The minimum absolute atomic E-state index is 0.255. The molecule has 1 N–H and O–H groups in total. The summed E-state index contributed by atoms with van der Waals surface area (Å²) in [6, 6.07) is -0.612. The molecule has 0 bridgehead atoms. The summed E-state index contributed by atoms with van der Waals surface area (Å²) in [6.07, 6.45) is 6.53. The van der Waals surface area contributed by atoms with E-state index in [4.69, 9.17) is 0 Å². The van der Waals surface area contributed by atoms with E-state index in [2.05, 4.69) is 17.2 Å². The molecule has 23 heavy (non-hydrogen) atoms. The maximum absolute atomic E-state index is 12.6. The van der Waals surface area contributed by atoms with Crippen LogP contribution in [0.3, 0.4) is 0 Å². The lowest BCUT2D eigenvalue weighted by Crippen LogP contribution is -2.49. The van der Waals surface area contributed by atoms with E-state index in [9.17, 15) is 13.2 Å². The van der Waals surface area contributed by atoms with Crippen molar-refractivity contribution in [3.8, 4) is 0 Å². The van der Waals surface area contributed by atoms with E-state index in [-0.39, 0.29) is 5.91 Å². The number of aromatic nitrogens is 1. The fourth-order valence-corrected chi connectivity index (χ4v) is 5.64. The van der Waals surface area contributed by atoms with Crippen molar-refractivity contribution in [3.63, 3.8) is 0 Å². The highest BCUT2D eigenvalue weighted by atomic mass is 32.2. The Kier molecular flexibility index (Phi) is 4.75.